The van der Waals surface area contributed by atoms with E-state index >= 15 is 0 Å². The monoisotopic (exact) mass is 945 g/mol. The molecule has 1 heterocycles. The minimum Gasteiger partial charge on any atom is -0.772 e. The van der Waals surface area contributed by atoms with E-state index < -0.39 is 93.5 Å². The molecule has 3 aromatic rings. The molecule has 1 saturated heterocycles. The summed E-state index contributed by atoms with van der Waals surface area (Å²) in [6, 6.07) is 15.4. The number of ketones is 1. The third-order valence-electron chi connectivity index (χ3n) is 11.4. The third-order valence-corrected chi connectivity index (χ3v) is 12.7. The summed E-state index contributed by atoms with van der Waals surface area (Å²) in [4.78, 5) is 66.1. The molecule has 3 aromatic carbocycles. The zero-order valence-electron chi connectivity index (χ0n) is 34.8. The molecule has 0 bridgehead atoms. The van der Waals surface area contributed by atoms with Crippen molar-refractivity contribution in [2.24, 2.45) is 17.6 Å². The Kier molecular flexibility index (Phi) is 17.5. The van der Waals surface area contributed by atoms with Crippen LogP contribution in [-0.2, 0) is 53.4 Å². The Morgan fingerprint density at radius 1 is 0.906 bits per heavy atom. The van der Waals surface area contributed by atoms with Gasteiger partial charge in [-0.15, -0.1) is 0 Å². The molecule has 0 spiro atoms. The minimum absolute atomic E-state index is 0.0435. The Morgan fingerprint density at radius 3 is 1.92 bits per heavy atom. The second-order valence-corrected chi connectivity index (χ2v) is 17.4. The molecular formula is C43H48ClF6N4O9S-. The molecule has 2 unspecified atom stereocenters. The number of carbonyl (C=O) groups excluding carboxylic acids is 4. The van der Waals surface area contributed by atoms with Crippen molar-refractivity contribution in [2.75, 3.05) is 13.7 Å². The number of Topliss-reactive ketones (excluding diaryl/α,β-unsaturated/α-hetero) is 1. The maximum Gasteiger partial charge on any atom is 0.490 e. The third kappa shape index (κ3) is 12.8. The number of hydrogen-bond donors (Lipinski definition) is 4. The van der Waals surface area contributed by atoms with E-state index in [2.05, 4.69) is 10.6 Å². The van der Waals surface area contributed by atoms with E-state index in [4.69, 9.17) is 32.0 Å². The number of benzene rings is 3. The van der Waals surface area contributed by atoms with Crippen molar-refractivity contribution in [1.82, 2.24) is 15.5 Å². The number of carboxylic acid groups (broad SMARTS) is 1. The van der Waals surface area contributed by atoms with Gasteiger partial charge in [-0.3, -0.25) is 23.4 Å². The van der Waals surface area contributed by atoms with Crippen LogP contribution in [0.2, 0.25) is 5.02 Å². The molecule has 0 radical (unpaired) electrons. The first-order chi connectivity index (χ1) is 29.9. The second kappa shape index (κ2) is 21.8. The van der Waals surface area contributed by atoms with E-state index in [1.54, 1.807) is 72.8 Å². The first-order valence-corrected chi connectivity index (χ1v) is 21.5. The molecule has 350 valence electrons. The summed E-state index contributed by atoms with van der Waals surface area (Å²) in [5.74, 6) is -8.58. The molecule has 64 heavy (non-hydrogen) atoms. The van der Waals surface area contributed by atoms with Crippen molar-refractivity contribution in [3.05, 3.63) is 100 Å². The van der Waals surface area contributed by atoms with Crippen molar-refractivity contribution < 1.29 is 68.9 Å². The van der Waals surface area contributed by atoms with Gasteiger partial charge >= 0.3 is 18.3 Å². The summed E-state index contributed by atoms with van der Waals surface area (Å²) in [6.07, 6.45) is -8.18. The molecule has 1 aliphatic heterocycles. The van der Waals surface area contributed by atoms with E-state index in [1.807, 2.05) is 0 Å². The average molecular weight is 946 g/mol. The number of amides is 3. The number of aliphatic carboxylic acids is 1. The van der Waals surface area contributed by atoms with Gasteiger partial charge in [0, 0.05) is 24.5 Å². The fourth-order valence-corrected chi connectivity index (χ4v) is 9.03. The van der Waals surface area contributed by atoms with Crippen molar-refractivity contribution in [2.45, 2.75) is 100 Å². The number of methoxy groups -OCH3 is 1. The van der Waals surface area contributed by atoms with Gasteiger partial charge in [-0.25, -0.2) is 4.79 Å². The van der Waals surface area contributed by atoms with Crippen LogP contribution >= 0.6 is 11.6 Å². The van der Waals surface area contributed by atoms with Gasteiger partial charge in [0.2, 0.25) is 17.7 Å². The zero-order chi connectivity index (χ0) is 47.7. The lowest BCUT2D eigenvalue weighted by atomic mass is 9.77. The van der Waals surface area contributed by atoms with Crippen LogP contribution in [0.15, 0.2) is 72.8 Å². The molecule has 2 aliphatic rings. The van der Waals surface area contributed by atoms with Crippen LogP contribution < -0.4 is 21.1 Å². The minimum atomic E-state index is -5.26. The van der Waals surface area contributed by atoms with Gasteiger partial charge in [0.25, 0.3) is 5.78 Å². The highest BCUT2D eigenvalue weighted by Crippen LogP contribution is 2.43. The number of hydrogen-bond acceptors (Lipinski definition) is 9. The fourth-order valence-electron chi connectivity index (χ4n) is 8.01. The quantitative estimate of drug-likeness (QED) is 0.102. The number of rotatable bonds is 15. The summed E-state index contributed by atoms with van der Waals surface area (Å²) in [7, 11) is 1.45. The van der Waals surface area contributed by atoms with E-state index in [0.29, 0.717) is 40.3 Å². The smallest absolute Gasteiger partial charge is 0.490 e. The summed E-state index contributed by atoms with van der Waals surface area (Å²) in [5, 5.41) is 11.6. The predicted molar refractivity (Wildman–Crippen MR) is 221 cm³/mol. The summed E-state index contributed by atoms with van der Waals surface area (Å²) < 4.78 is 104. The number of carboxylic acids is 1. The SMILES string of the molecule is COc1ccc(C([C@@H]2C[C@@H](C(=O)N[C@H](C(=O)C(F)(F)F)C(C)C)N(C(=O)[C@H](Cc3ccc(CN)cc3)NC(=O)C3(c4ccc(Cl)cc4)CCCC3)C2)S(=O)[O-])cc1.O=C(O)C(F)(F)F. The lowest BCUT2D eigenvalue weighted by Gasteiger charge is -2.34. The van der Waals surface area contributed by atoms with E-state index in [0.717, 1.165) is 23.3 Å². The molecule has 6 atom stereocenters. The zero-order valence-corrected chi connectivity index (χ0v) is 36.4. The molecule has 21 heteroatoms. The maximum atomic E-state index is 15.0. The molecule has 5 N–H and O–H groups in total. The number of alkyl halides is 6. The summed E-state index contributed by atoms with van der Waals surface area (Å²) >= 11 is 3.39. The Hall–Kier alpha value is -5.05. The highest BCUT2D eigenvalue weighted by molar-refractivity contribution is 7.79. The normalized spacial score (nSPS) is 19.1. The van der Waals surface area contributed by atoms with Gasteiger partial charge in [-0.1, -0.05) is 86.8 Å². The number of nitrogens with two attached hydrogens (primary N) is 1. The lowest BCUT2D eigenvalue weighted by Crippen LogP contribution is -2.58. The average Bonchev–Trinajstić information content (AvgIpc) is 3.92. The topological polar surface area (TPSA) is 208 Å². The van der Waals surface area contributed by atoms with Crippen molar-refractivity contribution in [3.8, 4) is 5.75 Å². The Labute approximate surface area is 372 Å². The van der Waals surface area contributed by atoms with Gasteiger partial charge in [0.05, 0.1) is 23.8 Å². The molecule has 1 aliphatic carbocycles. The maximum absolute atomic E-state index is 15.0. The largest absolute Gasteiger partial charge is 0.772 e. The Balaban J connectivity index is 0.00000118. The van der Waals surface area contributed by atoms with Crippen molar-refractivity contribution >= 4 is 52.2 Å². The van der Waals surface area contributed by atoms with Crippen LogP contribution in [0.1, 0.15) is 73.5 Å². The van der Waals surface area contributed by atoms with Crippen LogP contribution in [0.4, 0.5) is 26.3 Å². The van der Waals surface area contributed by atoms with Gasteiger partial charge in [-0.05, 0) is 88.7 Å². The first kappa shape index (κ1) is 51.6. The van der Waals surface area contributed by atoms with Crippen molar-refractivity contribution in [3.63, 3.8) is 0 Å². The first-order valence-electron chi connectivity index (χ1n) is 20.0. The van der Waals surface area contributed by atoms with Gasteiger partial charge in [-0.2, -0.15) is 26.3 Å². The van der Waals surface area contributed by atoms with Gasteiger partial charge < -0.3 is 35.7 Å². The van der Waals surface area contributed by atoms with Crippen LogP contribution in [0.3, 0.4) is 0 Å². The van der Waals surface area contributed by atoms with Crippen LogP contribution in [0.5, 0.6) is 5.75 Å². The summed E-state index contributed by atoms with van der Waals surface area (Å²) in [6.45, 7) is 2.65. The molecule has 0 aromatic heterocycles. The number of nitrogens with zero attached hydrogens (tertiary/aromatic N) is 1. The lowest BCUT2D eigenvalue weighted by molar-refractivity contribution is -0.192. The molecule has 3 amide bonds. The van der Waals surface area contributed by atoms with E-state index in [9.17, 15) is 54.3 Å². The van der Waals surface area contributed by atoms with Crippen LogP contribution in [0, 0.1) is 11.8 Å². The highest BCUT2D eigenvalue weighted by Gasteiger charge is 2.50. The number of ether oxygens (including phenoxy) is 1. The van der Waals surface area contributed by atoms with Crippen molar-refractivity contribution in [1.29, 1.82) is 0 Å². The molecule has 13 nitrogen and oxygen atoms in total. The standard InChI is InChI=1S/C41H48ClF3N4O7S.C2HF3O2/c1-24(2)34(36(50)41(43,44)45)48-37(51)33-21-28(35(57(54)55)27-10-16-31(56-3)17-11-27)23-49(33)38(52)32(20-25-6-8-26(22-46)9-7-25)47-39(53)40(18-4-5-19-40)29-12-14-30(42)15-13-29;3-2(4,5)1(6)7/h6-17,24,28,32-35H,4-5,18-23,46H2,1-3H3,(H,47,53)(H,48,51)(H,54,55);(H,6,7)/p-1/t28-,32+,33+,34+,35?;/m1./s1. The number of carbonyl (C=O) groups is 5. The molecule has 5 rings (SSSR count). The molecule has 1 saturated carbocycles. The Bertz CT molecular complexity index is 2140. The second-order valence-electron chi connectivity index (χ2n) is 15.9. The highest BCUT2D eigenvalue weighted by atomic mass is 35.5. The number of halogens is 7. The fraction of sp³-hybridized carbons (Fsp3) is 0.465. The summed E-state index contributed by atoms with van der Waals surface area (Å²) in [5.41, 5.74) is 7.32. The Morgan fingerprint density at radius 2 is 1.45 bits per heavy atom. The van der Waals surface area contributed by atoms with Gasteiger partial charge in [0.15, 0.2) is 0 Å². The van der Waals surface area contributed by atoms with Gasteiger partial charge in [0.1, 0.15) is 17.8 Å². The number of likely N-dealkylation sites (tertiary alicyclic amines) is 1. The predicted octanol–water partition coefficient (Wildman–Crippen LogP) is 6.09. The van der Waals surface area contributed by atoms with E-state index in [1.165, 1.54) is 21.0 Å². The van der Waals surface area contributed by atoms with Crippen LogP contribution in [0.25, 0.3) is 0 Å². The number of nitrogens with one attached hydrogen (secondary N) is 2. The molecular weight excluding hydrogens is 898 g/mol. The van der Waals surface area contributed by atoms with Crippen LogP contribution in [-0.4, -0.2) is 92.4 Å². The van der Waals surface area contributed by atoms with E-state index in [-0.39, 0.29) is 25.9 Å². The molecule has 2 fully saturated rings.